The van der Waals surface area contributed by atoms with Gasteiger partial charge in [0.05, 0.1) is 21.3 Å². The minimum atomic E-state index is -0.702. The number of pyridine rings is 1. The summed E-state index contributed by atoms with van der Waals surface area (Å²) in [6.45, 7) is 3.35. The predicted molar refractivity (Wildman–Crippen MR) is 179 cm³/mol. The summed E-state index contributed by atoms with van der Waals surface area (Å²) in [6, 6.07) is 10.0. The molecule has 0 unspecified atom stereocenters. The van der Waals surface area contributed by atoms with E-state index in [1.54, 1.807) is 12.3 Å². The molecule has 1 saturated heterocycles. The van der Waals surface area contributed by atoms with E-state index in [4.69, 9.17) is 33.0 Å². The minimum Gasteiger partial charge on any atom is -0.389 e. The molecule has 0 aliphatic carbocycles. The summed E-state index contributed by atoms with van der Waals surface area (Å²) in [4.78, 5) is 20.2. The molecule has 1 aliphatic rings. The number of fused-ring (bicyclic) bond motifs is 2. The molecule has 0 saturated carbocycles. The Balaban J connectivity index is 1.61. The van der Waals surface area contributed by atoms with Crippen LogP contribution in [0.4, 0.5) is 31.4 Å². The van der Waals surface area contributed by atoms with Crippen molar-refractivity contribution in [1.29, 1.82) is 5.26 Å². The number of benzene rings is 2. The number of aromatic nitrogens is 3. The second-order valence-corrected chi connectivity index (χ2v) is 13.0. The zero-order valence-electron chi connectivity index (χ0n) is 25.3. The lowest BCUT2D eigenvalue weighted by molar-refractivity contribution is 0.257. The van der Waals surface area contributed by atoms with Gasteiger partial charge in [0.25, 0.3) is 0 Å². The zero-order chi connectivity index (χ0) is 32.2. The maximum absolute atomic E-state index is 17.0. The van der Waals surface area contributed by atoms with Gasteiger partial charge in [-0.25, -0.2) is 18.7 Å². The molecular formula is C32H32ClF2N9S. The molecular weight excluding hydrogens is 616 g/mol. The van der Waals surface area contributed by atoms with E-state index in [0.29, 0.717) is 36.1 Å². The van der Waals surface area contributed by atoms with Crippen LogP contribution in [-0.4, -0.2) is 60.1 Å². The van der Waals surface area contributed by atoms with Crippen LogP contribution in [0.2, 0.25) is 5.02 Å². The third kappa shape index (κ3) is 5.24. The number of rotatable bonds is 6. The summed E-state index contributed by atoms with van der Waals surface area (Å²) in [6.07, 6.45) is 3.58. The van der Waals surface area contributed by atoms with Gasteiger partial charge >= 0.3 is 0 Å². The first kappa shape index (κ1) is 30.7. The molecule has 5 aromatic rings. The molecule has 4 heterocycles. The van der Waals surface area contributed by atoms with Gasteiger partial charge in [0.2, 0.25) is 5.95 Å². The van der Waals surface area contributed by atoms with Crippen molar-refractivity contribution in [3.63, 3.8) is 0 Å². The molecule has 0 amide bonds. The Morgan fingerprint density at radius 3 is 2.67 bits per heavy atom. The Hall–Kier alpha value is -4.31. The van der Waals surface area contributed by atoms with Crippen molar-refractivity contribution >= 4 is 66.5 Å². The van der Waals surface area contributed by atoms with Gasteiger partial charge in [-0.05, 0) is 57.6 Å². The molecule has 0 spiro atoms. The van der Waals surface area contributed by atoms with E-state index in [-0.39, 0.29) is 54.4 Å². The quantitative estimate of drug-likeness (QED) is 0.210. The van der Waals surface area contributed by atoms with Gasteiger partial charge in [-0.3, -0.25) is 0 Å². The lowest BCUT2D eigenvalue weighted by Crippen LogP contribution is -2.45. The van der Waals surface area contributed by atoms with Crippen LogP contribution in [-0.2, 0) is 0 Å². The van der Waals surface area contributed by atoms with Gasteiger partial charge in [-0.1, -0.05) is 23.7 Å². The van der Waals surface area contributed by atoms with Gasteiger partial charge in [0.15, 0.2) is 5.82 Å². The third-order valence-electron chi connectivity index (χ3n) is 8.70. The third-order valence-corrected chi connectivity index (χ3v) is 10.0. The first-order valence-electron chi connectivity index (χ1n) is 14.5. The lowest BCUT2D eigenvalue weighted by atomic mass is 9.97. The highest BCUT2D eigenvalue weighted by Crippen LogP contribution is 2.46. The predicted octanol–water partition coefficient (Wildman–Crippen LogP) is 6.60. The van der Waals surface area contributed by atoms with Crippen LogP contribution in [0, 0.1) is 23.0 Å². The van der Waals surface area contributed by atoms with Gasteiger partial charge in [0, 0.05) is 54.3 Å². The van der Waals surface area contributed by atoms with Crippen molar-refractivity contribution in [3.8, 4) is 17.2 Å². The van der Waals surface area contributed by atoms with Crippen LogP contribution < -0.4 is 21.3 Å². The number of thiophene rings is 1. The monoisotopic (exact) mass is 647 g/mol. The molecule has 2 aromatic carbocycles. The first-order chi connectivity index (χ1) is 21.5. The molecule has 0 bridgehead atoms. The molecule has 1 fully saturated rings. The van der Waals surface area contributed by atoms with Crippen molar-refractivity contribution in [1.82, 2.24) is 19.9 Å². The van der Waals surface area contributed by atoms with E-state index in [0.717, 1.165) is 29.7 Å². The maximum Gasteiger partial charge on any atom is 0.228 e. The highest BCUT2D eigenvalue weighted by atomic mass is 35.5. The number of nitrogens with two attached hydrogens (primary N) is 2. The summed E-state index contributed by atoms with van der Waals surface area (Å²) < 4.78 is 32.0. The van der Waals surface area contributed by atoms with Crippen molar-refractivity contribution in [2.75, 3.05) is 55.5 Å². The first-order valence-corrected chi connectivity index (χ1v) is 15.7. The molecule has 4 N–H and O–H groups in total. The van der Waals surface area contributed by atoms with Gasteiger partial charge in [-0.2, -0.15) is 10.2 Å². The molecule has 13 heteroatoms. The number of nitrogen functional groups attached to an aromatic ring is 2. The number of nitriles is 1. The molecule has 3 aromatic heterocycles. The number of anilines is 4. The summed E-state index contributed by atoms with van der Waals surface area (Å²) in [5.41, 5.74) is 13.5. The second kappa shape index (κ2) is 11.9. The van der Waals surface area contributed by atoms with E-state index in [2.05, 4.69) is 14.8 Å². The largest absolute Gasteiger partial charge is 0.389 e. The van der Waals surface area contributed by atoms with Crippen LogP contribution in [0.25, 0.3) is 32.1 Å². The average molecular weight is 648 g/mol. The molecule has 0 radical (unpaired) electrons. The molecule has 1 aliphatic heterocycles. The topological polar surface area (TPSA) is 124 Å². The number of hydrogen-bond donors (Lipinski definition) is 2. The molecule has 9 nitrogen and oxygen atoms in total. The number of halogens is 3. The zero-order valence-corrected chi connectivity index (χ0v) is 26.8. The van der Waals surface area contributed by atoms with Crippen molar-refractivity contribution in [3.05, 3.63) is 64.3 Å². The maximum atomic E-state index is 17.0. The van der Waals surface area contributed by atoms with E-state index in [9.17, 15) is 9.65 Å². The summed E-state index contributed by atoms with van der Waals surface area (Å²) in [5.74, 6) is -0.0208. The standard InChI is InChI=1S/C32H32ClF2N9S/c1-16(18-8-5-11-39-29(18)37)43(4)31-20-13-22(33)25(19-9-10-23(34)28-24(19)21(14-36)30(38)45-28)26(35)27(20)40-32(41-31)44-12-6-7-17(15-44)42(2)3/h5,8-11,13,16-17H,6-7,12,15,38H2,1-4H3,(H2,37,39)/t16-,17-/m1/s1. The fourth-order valence-electron chi connectivity index (χ4n) is 6.07. The summed E-state index contributed by atoms with van der Waals surface area (Å²) >= 11 is 7.80. The minimum absolute atomic E-state index is 0.0103. The van der Waals surface area contributed by atoms with E-state index < -0.39 is 11.6 Å². The van der Waals surface area contributed by atoms with Crippen LogP contribution in [0.1, 0.15) is 36.9 Å². The lowest BCUT2D eigenvalue weighted by Gasteiger charge is -2.37. The Kier molecular flexibility index (Phi) is 8.11. The van der Waals surface area contributed by atoms with Crippen LogP contribution >= 0.6 is 22.9 Å². The highest BCUT2D eigenvalue weighted by Gasteiger charge is 2.29. The second-order valence-electron chi connectivity index (χ2n) is 11.5. The number of nitrogens with zero attached hydrogens (tertiary/aromatic N) is 7. The Labute approximate surface area is 268 Å². The SMILES string of the molecule is C[C@H](c1cccnc1N)N(C)c1nc(N2CCC[C@@H](N(C)C)C2)nc2c(F)c(-c3ccc(F)c4sc(N)c(C#N)c34)c(Cl)cc12. The Morgan fingerprint density at radius 2 is 1.96 bits per heavy atom. The van der Waals surface area contributed by atoms with Gasteiger partial charge in [-0.15, -0.1) is 11.3 Å². The van der Waals surface area contributed by atoms with Crippen LogP contribution in [0.15, 0.2) is 36.5 Å². The average Bonchev–Trinajstić information content (AvgIpc) is 3.38. The highest BCUT2D eigenvalue weighted by molar-refractivity contribution is 7.23. The van der Waals surface area contributed by atoms with E-state index in [1.807, 2.05) is 51.2 Å². The smallest absolute Gasteiger partial charge is 0.228 e. The summed E-state index contributed by atoms with van der Waals surface area (Å²) in [7, 11) is 5.94. The number of piperidine rings is 1. The van der Waals surface area contributed by atoms with E-state index >= 15 is 4.39 Å². The van der Waals surface area contributed by atoms with E-state index in [1.165, 1.54) is 12.1 Å². The van der Waals surface area contributed by atoms with Gasteiger partial charge in [0.1, 0.15) is 34.0 Å². The number of hydrogen-bond acceptors (Lipinski definition) is 10. The fraction of sp³-hybridized carbons (Fsp3) is 0.312. The Bertz CT molecular complexity index is 1990. The van der Waals surface area contributed by atoms with Gasteiger partial charge < -0.3 is 26.2 Å². The van der Waals surface area contributed by atoms with Crippen molar-refractivity contribution in [2.24, 2.45) is 0 Å². The molecule has 45 heavy (non-hydrogen) atoms. The van der Waals surface area contributed by atoms with Crippen LogP contribution in [0.5, 0.6) is 0 Å². The van der Waals surface area contributed by atoms with Crippen molar-refractivity contribution in [2.45, 2.75) is 31.8 Å². The summed E-state index contributed by atoms with van der Waals surface area (Å²) in [5, 5.41) is 10.7. The molecule has 232 valence electrons. The van der Waals surface area contributed by atoms with Crippen LogP contribution in [0.3, 0.4) is 0 Å². The normalized spacial score (nSPS) is 16.0. The van der Waals surface area contributed by atoms with Crippen molar-refractivity contribution < 1.29 is 8.78 Å². The number of likely N-dealkylation sites (N-methyl/N-ethyl adjacent to an activating group) is 1. The Morgan fingerprint density at radius 1 is 1.18 bits per heavy atom. The molecule has 6 rings (SSSR count). The fourth-order valence-corrected chi connectivity index (χ4v) is 7.31. The molecule has 2 atom stereocenters.